The van der Waals surface area contributed by atoms with Gasteiger partial charge in [0.2, 0.25) is 5.71 Å². The second kappa shape index (κ2) is 12.0. The number of anilines is 1. The van der Waals surface area contributed by atoms with Gasteiger partial charge in [-0.15, -0.1) is 0 Å². The molecule has 198 valence electrons. The Morgan fingerprint density at radius 1 is 1.08 bits per heavy atom. The molecule has 1 aliphatic rings. The van der Waals surface area contributed by atoms with Gasteiger partial charge in [0.05, 0.1) is 15.7 Å². The van der Waals surface area contributed by atoms with Crippen LogP contribution < -0.4 is 15.9 Å². The molecule has 3 aromatic carbocycles. The number of nitrogens with one attached hydrogen (secondary N) is 1. The summed E-state index contributed by atoms with van der Waals surface area (Å²) in [4.78, 5) is 37.1. The van der Waals surface area contributed by atoms with Gasteiger partial charge in [-0.2, -0.15) is 10.4 Å². The van der Waals surface area contributed by atoms with E-state index in [1.165, 1.54) is 18.2 Å². The number of carbonyl (C=O) groups is 3. The molecule has 0 bridgehead atoms. The molecule has 3 aromatic rings. The van der Waals surface area contributed by atoms with Gasteiger partial charge in [0.25, 0.3) is 5.91 Å². The highest BCUT2D eigenvalue weighted by atomic mass is 35.5. The largest absolute Gasteiger partial charge is 0.454 e. The predicted molar refractivity (Wildman–Crippen MR) is 145 cm³/mol. The molecular formula is C26H18Cl3N5O5. The molecule has 0 atom stereocenters. The Kier molecular flexibility index (Phi) is 8.56. The lowest BCUT2D eigenvalue weighted by atomic mass is 9.98. The number of hydrogen-bond donors (Lipinski definition) is 2. The molecule has 10 nitrogen and oxygen atoms in total. The van der Waals surface area contributed by atoms with Crippen LogP contribution in [0.2, 0.25) is 15.1 Å². The Hall–Kier alpha value is -4.30. The van der Waals surface area contributed by atoms with E-state index in [4.69, 9.17) is 50.5 Å². The number of hydrazone groups is 1. The topological polar surface area (TPSA) is 147 Å². The molecule has 0 fully saturated rings. The number of fused-ring (bicyclic) bond motifs is 1. The fourth-order valence-corrected chi connectivity index (χ4v) is 4.44. The van der Waals surface area contributed by atoms with E-state index in [0.717, 1.165) is 11.1 Å². The second-order valence-corrected chi connectivity index (χ2v) is 9.44. The number of amides is 2. The van der Waals surface area contributed by atoms with Gasteiger partial charge >= 0.3 is 12.1 Å². The van der Waals surface area contributed by atoms with Crippen LogP contribution in [0.15, 0.2) is 59.7 Å². The fraction of sp³-hybridized carbons (Fsp3) is 0.115. The number of rotatable bonds is 7. The monoisotopic (exact) mass is 585 g/mol. The summed E-state index contributed by atoms with van der Waals surface area (Å²) in [5, 5.41) is 13.4. The molecular weight excluding hydrogens is 569 g/mol. The third-order valence-corrected chi connectivity index (χ3v) is 6.35. The zero-order valence-corrected chi connectivity index (χ0v) is 22.2. The van der Waals surface area contributed by atoms with Crippen molar-refractivity contribution in [1.82, 2.24) is 4.90 Å². The van der Waals surface area contributed by atoms with Gasteiger partial charge in [-0.05, 0) is 60.0 Å². The Morgan fingerprint density at radius 2 is 1.77 bits per heavy atom. The standard InChI is InChI=1S/C26H18Cl3N5O5/c27-16-3-1-14(2-4-16)13-34-8-7-15-9-18(5-6-19(15)24(34)35)38-23-20(28)10-17(11-21(23)29)32-33-22(12-30)25(36)39-26(31)37/h1-6,9-11,32H,7-8,13H2,(H2,31,37). The smallest absolute Gasteiger partial charge is 0.412 e. The molecule has 2 amide bonds. The number of carbonyl (C=O) groups excluding carboxylic acids is 3. The normalized spacial score (nSPS) is 12.8. The first-order chi connectivity index (χ1) is 18.6. The fourth-order valence-electron chi connectivity index (χ4n) is 3.75. The number of nitriles is 1. The van der Waals surface area contributed by atoms with E-state index in [-0.39, 0.29) is 27.4 Å². The lowest BCUT2D eigenvalue weighted by molar-refractivity contribution is -0.129. The highest BCUT2D eigenvalue weighted by molar-refractivity contribution is 6.44. The van der Waals surface area contributed by atoms with Crippen LogP contribution >= 0.6 is 34.8 Å². The van der Waals surface area contributed by atoms with E-state index < -0.39 is 17.8 Å². The van der Waals surface area contributed by atoms with Crippen LogP contribution in [0.1, 0.15) is 21.5 Å². The van der Waals surface area contributed by atoms with Crippen LogP contribution in [0, 0.1) is 11.3 Å². The molecule has 0 saturated heterocycles. The van der Waals surface area contributed by atoms with Crippen molar-refractivity contribution in [3.63, 3.8) is 0 Å². The zero-order chi connectivity index (χ0) is 28.1. The maximum atomic E-state index is 13.1. The summed E-state index contributed by atoms with van der Waals surface area (Å²) in [6.07, 6.45) is -0.745. The minimum atomic E-state index is -1.38. The van der Waals surface area contributed by atoms with Gasteiger partial charge in [0.1, 0.15) is 11.8 Å². The van der Waals surface area contributed by atoms with E-state index >= 15 is 0 Å². The molecule has 13 heteroatoms. The van der Waals surface area contributed by atoms with Crippen molar-refractivity contribution in [1.29, 1.82) is 5.26 Å². The van der Waals surface area contributed by atoms with Gasteiger partial charge in [-0.3, -0.25) is 10.2 Å². The van der Waals surface area contributed by atoms with Crippen molar-refractivity contribution in [2.45, 2.75) is 13.0 Å². The molecule has 0 aliphatic carbocycles. The summed E-state index contributed by atoms with van der Waals surface area (Å²) in [5.74, 6) is -0.834. The van der Waals surface area contributed by atoms with E-state index in [1.807, 2.05) is 12.1 Å². The third-order valence-electron chi connectivity index (χ3n) is 5.54. The van der Waals surface area contributed by atoms with Crippen molar-refractivity contribution in [2.75, 3.05) is 12.0 Å². The Bertz CT molecular complexity index is 1510. The summed E-state index contributed by atoms with van der Waals surface area (Å²) >= 11 is 18.7. The third kappa shape index (κ3) is 6.78. The molecule has 1 heterocycles. The predicted octanol–water partition coefficient (Wildman–Crippen LogP) is 5.55. The minimum Gasteiger partial charge on any atom is -0.454 e. The van der Waals surface area contributed by atoms with Gasteiger partial charge in [-0.25, -0.2) is 9.59 Å². The van der Waals surface area contributed by atoms with Gasteiger partial charge in [0.15, 0.2) is 5.75 Å². The molecule has 0 saturated carbocycles. The Balaban J connectivity index is 1.46. The molecule has 0 radical (unpaired) electrons. The minimum absolute atomic E-state index is 0.0822. The van der Waals surface area contributed by atoms with Crippen LogP contribution in [-0.2, 0) is 22.5 Å². The molecule has 39 heavy (non-hydrogen) atoms. The van der Waals surface area contributed by atoms with Gasteiger partial charge in [0, 0.05) is 23.7 Å². The first-order valence-corrected chi connectivity index (χ1v) is 12.4. The van der Waals surface area contributed by atoms with E-state index in [0.29, 0.717) is 35.8 Å². The number of ether oxygens (including phenoxy) is 2. The van der Waals surface area contributed by atoms with Gasteiger partial charge in [-0.1, -0.05) is 46.9 Å². The maximum absolute atomic E-state index is 13.1. The average Bonchev–Trinajstić information content (AvgIpc) is 2.89. The van der Waals surface area contributed by atoms with E-state index in [2.05, 4.69) is 15.3 Å². The number of hydrogen-bond acceptors (Lipinski definition) is 8. The Morgan fingerprint density at radius 3 is 2.41 bits per heavy atom. The quantitative estimate of drug-likeness (QED) is 0.160. The Labute approximate surface area is 237 Å². The van der Waals surface area contributed by atoms with Crippen molar-refractivity contribution in [3.05, 3.63) is 86.4 Å². The lowest BCUT2D eigenvalue weighted by Gasteiger charge is -2.29. The van der Waals surface area contributed by atoms with Crippen molar-refractivity contribution in [3.8, 4) is 17.6 Å². The maximum Gasteiger partial charge on any atom is 0.412 e. The average molecular weight is 587 g/mol. The van der Waals surface area contributed by atoms with Crippen molar-refractivity contribution < 1.29 is 23.9 Å². The highest BCUT2D eigenvalue weighted by Crippen LogP contribution is 2.39. The second-order valence-electron chi connectivity index (χ2n) is 8.19. The van der Waals surface area contributed by atoms with Crippen LogP contribution in [-0.4, -0.2) is 35.1 Å². The molecule has 4 rings (SSSR count). The molecule has 0 spiro atoms. The zero-order valence-electron chi connectivity index (χ0n) is 19.9. The highest BCUT2D eigenvalue weighted by Gasteiger charge is 2.25. The van der Waals surface area contributed by atoms with E-state index in [9.17, 15) is 14.4 Å². The number of esters is 1. The molecule has 0 aromatic heterocycles. The van der Waals surface area contributed by atoms with Crippen LogP contribution in [0.5, 0.6) is 11.5 Å². The first-order valence-electron chi connectivity index (χ1n) is 11.2. The number of nitrogens with zero attached hydrogens (tertiary/aromatic N) is 3. The number of nitrogens with two attached hydrogens (primary N) is 1. The van der Waals surface area contributed by atoms with Gasteiger partial charge < -0.3 is 20.1 Å². The molecule has 1 aliphatic heterocycles. The van der Waals surface area contributed by atoms with E-state index in [1.54, 1.807) is 35.2 Å². The van der Waals surface area contributed by atoms with Crippen LogP contribution in [0.25, 0.3) is 0 Å². The van der Waals surface area contributed by atoms with Crippen molar-refractivity contribution in [2.24, 2.45) is 10.8 Å². The van der Waals surface area contributed by atoms with Crippen LogP contribution in [0.4, 0.5) is 10.5 Å². The first kappa shape index (κ1) is 27.7. The number of benzene rings is 3. The van der Waals surface area contributed by atoms with Crippen LogP contribution in [0.3, 0.4) is 0 Å². The summed E-state index contributed by atoms with van der Waals surface area (Å²) < 4.78 is 10.0. The molecule has 3 N–H and O–H groups in total. The lowest BCUT2D eigenvalue weighted by Crippen LogP contribution is -2.37. The number of primary amides is 1. The summed E-state index contributed by atoms with van der Waals surface area (Å²) in [6.45, 7) is 1.02. The molecule has 0 unspecified atom stereocenters. The number of halogens is 3. The van der Waals surface area contributed by atoms with Crippen molar-refractivity contribution >= 4 is 64.2 Å². The SMILES string of the molecule is N#CC(=NNc1cc(Cl)c(Oc2ccc3c(c2)CCN(Cc2ccc(Cl)cc2)C3=O)c(Cl)c1)C(=O)OC(N)=O. The summed E-state index contributed by atoms with van der Waals surface area (Å²) in [5.41, 5.74) is 9.05. The summed E-state index contributed by atoms with van der Waals surface area (Å²) in [6, 6.07) is 16.8. The summed E-state index contributed by atoms with van der Waals surface area (Å²) in [7, 11) is 0.